The van der Waals surface area contributed by atoms with E-state index in [4.69, 9.17) is 0 Å². The number of nitrogens with one attached hydrogen (secondary N) is 1. The molecule has 0 unspecified atom stereocenters. The standard InChI is InChI=1S/C21H25N/c1-3-9-17(10-4-1)19-15-20(19)22-16-21(13-7-8-14-21)18-11-5-2-6-12-18/h1-6,9-12,19-20,22H,7-8,13-16H2/t19-,20+/m1/s1. The molecule has 114 valence electrons. The van der Waals surface area contributed by atoms with Crippen LogP contribution in [0.5, 0.6) is 0 Å². The van der Waals surface area contributed by atoms with Crippen molar-refractivity contribution in [1.82, 2.24) is 5.32 Å². The SMILES string of the molecule is c1ccc([C@H]2C[C@@H]2NCC2(c3ccccc3)CCCC2)cc1. The van der Waals surface area contributed by atoms with Crippen LogP contribution in [0.2, 0.25) is 0 Å². The maximum atomic E-state index is 3.89. The van der Waals surface area contributed by atoms with Crippen LogP contribution in [-0.4, -0.2) is 12.6 Å². The first kappa shape index (κ1) is 14.0. The Hall–Kier alpha value is -1.60. The van der Waals surface area contributed by atoms with Crippen molar-refractivity contribution in [2.75, 3.05) is 6.54 Å². The van der Waals surface area contributed by atoms with Gasteiger partial charge in [0.1, 0.15) is 0 Å². The minimum absolute atomic E-state index is 0.380. The highest BCUT2D eigenvalue weighted by atomic mass is 15.0. The quantitative estimate of drug-likeness (QED) is 0.846. The molecular weight excluding hydrogens is 266 g/mol. The topological polar surface area (TPSA) is 12.0 Å². The fourth-order valence-corrected chi connectivity index (χ4v) is 4.23. The zero-order chi connectivity index (χ0) is 14.8. The second-order valence-electron chi connectivity index (χ2n) is 7.09. The Morgan fingerprint density at radius 2 is 1.50 bits per heavy atom. The molecule has 0 bridgehead atoms. The van der Waals surface area contributed by atoms with Gasteiger partial charge in [0.15, 0.2) is 0 Å². The van der Waals surface area contributed by atoms with Crippen molar-refractivity contribution in [3.8, 4) is 0 Å². The fraction of sp³-hybridized carbons (Fsp3) is 0.429. The third-order valence-electron chi connectivity index (χ3n) is 5.67. The summed E-state index contributed by atoms with van der Waals surface area (Å²) < 4.78 is 0. The maximum Gasteiger partial charge on any atom is 0.0143 e. The van der Waals surface area contributed by atoms with Crippen molar-refractivity contribution in [3.63, 3.8) is 0 Å². The van der Waals surface area contributed by atoms with Crippen LogP contribution in [0.15, 0.2) is 60.7 Å². The molecule has 2 aliphatic rings. The van der Waals surface area contributed by atoms with Crippen LogP contribution in [-0.2, 0) is 5.41 Å². The summed E-state index contributed by atoms with van der Waals surface area (Å²) in [5.41, 5.74) is 3.42. The Bertz CT molecular complexity index is 598. The zero-order valence-electron chi connectivity index (χ0n) is 13.2. The largest absolute Gasteiger partial charge is 0.312 e. The molecule has 2 aromatic carbocycles. The summed E-state index contributed by atoms with van der Waals surface area (Å²) in [4.78, 5) is 0. The maximum absolute atomic E-state index is 3.89. The molecule has 1 nitrogen and oxygen atoms in total. The van der Waals surface area contributed by atoms with Crippen molar-refractivity contribution >= 4 is 0 Å². The van der Waals surface area contributed by atoms with E-state index in [1.165, 1.54) is 43.2 Å². The first-order valence-corrected chi connectivity index (χ1v) is 8.71. The van der Waals surface area contributed by atoms with Gasteiger partial charge >= 0.3 is 0 Å². The Labute approximate surface area is 133 Å². The van der Waals surface area contributed by atoms with Crippen LogP contribution in [0.4, 0.5) is 0 Å². The van der Waals surface area contributed by atoms with E-state index in [9.17, 15) is 0 Å². The first-order valence-electron chi connectivity index (χ1n) is 8.71. The normalized spacial score (nSPS) is 26.0. The summed E-state index contributed by atoms with van der Waals surface area (Å²) in [5.74, 6) is 0.732. The monoisotopic (exact) mass is 291 g/mol. The molecule has 1 N–H and O–H groups in total. The van der Waals surface area contributed by atoms with E-state index < -0.39 is 0 Å². The molecule has 22 heavy (non-hydrogen) atoms. The van der Waals surface area contributed by atoms with Crippen molar-refractivity contribution in [3.05, 3.63) is 71.8 Å². The summed E-state index contributed by atoms with van der Waals surface area (Å²) in [6.07, 6.45) is 6.74. The number of benzene rings is 2. The Morgan fingerprint density at radius 1 is 0.864 bits per heavy atom. The second kappa shape index (κ2) is 5.89. The van der Waals surface area contributed by atoms with E-state index in [0.717, 1.165) is 12.5 Å². The van der Waals surface area contributed by atoms with Gasteiger partial charge in [0.2, 0.25) is 0 Å². The lowest BCUT2D eigenvalue weighted by atomic mass is 9.79. The molecule has 0 radical (unpaired) electrons. The van der Waals surface area contributed by atoms with Crippen LogP contribution in [0.25, 0.3) is 0 Å². The number of hydrogen-bond donors (Lipinski definition) is 1. The molecule has 0 saturated heterocycles. The second-order valence-corrected chi connectivity index (χ2v) is 7.09. The van der Waals surface area contributed by atoms with Gasteiger partial charge in [0.25, 0.3) is 0 Å². The lowest BCUT2D eigenvalue weighted by Crippen LogP contribution is -2.37. The van der Waals surface area contributed by atoms with Gasteiger partial charge in [-0.15, -0.1) is 0 Å². The molecule has 0 aliphatic heterocycles. The summed E-state index contributed by atoms with van der Waals surface area (Å²) in [7, 11) is 0. The minimum Gasteiger partial charge on any atom is -0.312 e. The molecule has 0 aromatic heterocycles. The molecule has 4 rings (SSSR count). The van der Waals surface area contributed by atoms with Crippen LogP contribution in [0.1, 0.15) is 49.1 Å². The van der Waals surface area contributed by atoms with E-state index in [2.05, 4.69) is 66.0 Å². The van der Waals surface area contributed by atoms with Crippen molar-refractivity contribution in [2.24, 2.45) is 0 Å². The van der Waals surface area contributed by atoms with Crippen LogP contribution < -0.4 is 5.32 Å². The number of rotatable bonds is 5. The molecule has 0 heterocycles. The molecule has 2 aromatic rings. The fourth-order valence-electron chi connectivity index (χ4n) is 4.23. The van der Waals surface area contributed by atoms with E-state index in [0.29, 0.717) is 11.5 Å². The van der Waals surface area contributed by atoms with E-state index in [-0.39, 0.29) is 0 Å². The van der Waals surface area contributed by atoms with Gasteiger partial charge < -0.3 is 5.32 Å². The van der Waals surface area contributed by atoms with Gasteiger partial charge in [-0.1, -0.05) is 73.5 Å². The first-order chi connectivity index (χ1) is 10.9. The lowest BCUT2D eigenvalue weighted by molar-refractivity contribution is 0.402. The van der Waals surface area contributed by atoms with Crippen molar-refractivity contribution < 1.29 is 0 Å². The molecule has 2 atom stereocenters. The predicted molar refractivity (Wildman–Crippen MR) is 92.2 cm³/mol. The van der Waals surface area contributed by atoms with Crippen LogP contribution >= 0.6 is 0 Å². The van der Waals surface area contributed by atoms with Crippen molar-refractivity contribution in [2.45, 2.75) is 49.5 Å². The Kier molecular flexibility index (Phi) is 3.75. The summed E-state index contributed by atoms with van der Waals surface area (Å²) >= 11 is 0. The molecule has 0 spiro atoms. The Balaban J connectivity index is 1.42. The molecule has 1 heteroatoms. The summed E-state index contributed by atoms with van der Waals surface area (Å²) in [5, 5.41) is 3.89. The third-order valence-corrected chi connectivity index (χ3v) is 5.67. The van der Waals surface area contributed by atoms with E-state index in [1.54, 1.807) is 0 Å². The molecule has 0 amide bonds. The highest BCUT2D eigenvalue weighted by molar-refractivity contribution is 5.30. The van der Waals surface area contributed by atoms with Gasteiger partial charge in [0, 0.05) is 23.9 Å². The van der Waals surface area contributed by atoms with Gasteiger partial charge in [0.05, 0.1) is 0 Å². The molecule has 2 saturated carbocycles. The molecule has 2 fully saturated rings. The van der Waals surface area contributed by atoms with Gasteiger partial charge in [-0.25, -0.2) is 0 Å². The highest BCUT2D eigenvalue weighted by Crippen LogP contribution is 2.44. The summed E-state index contributed by atoms with van der Waals surface area (Å²) in [6, 6.07) is 22.8. The van der Waals surface area contributed by atoms with E-state index >= 15 is 0 Å². The van der Waals surface area contributed by atoms with Crippen molar-refractivity contribution in [1.29, 1.82) is 0 Å². The third kappa shape index (κ3) is 2.70. The summed E-state index contributed by atoms with van der Waals surface area (Å²) in [6.45, 7) is 1.14. The van der Waals surface area contributed by atoms with Crippen LogP contribution in [0, 0.1) is 0 Å². The average Bonchev–Trinajstić information content (AvgIpc) is 3.22. The lowest BCUT2D eigenvalue weighted by Gasteiger charge is -2.30. The zero-order valence-corrected chi connectivity index (χ0v) is 13.2. The van der Waals surface area contributed by atoms with Crippen LogP contribution in [0.3, 0.4) is 0 Å². The molecular formula is C21H25N. The minimum atomic E-state index is 0.380. The number of hydrogen-bond acceptors (Lipinski definition) is 1. The van der Waals surface area contributed by atoms with E-state index in [1.807, 2.05) is 0 Å². The molecule has 2 aliphatic carbocycles. The predicted octanol–water partition coefficient (Wildman–Crippen LogP) is 4.64. The van der Waals surface area contributed by atoms with Gasteiger partial charge in [-0.05, 0) is 30.4 Å². The highest BCUT2D eigenvalue weighted by Gasteiger charge is 2.41. The average molecular weight is 291 g/mol. The van der Waals surface area contributed by atoms with Gasteiger partial charge in [-0.3, -0.25) is 0 Å². The van der Waals surface area contributed by atoms with Gasteiger partial charge in [-0.2, -0.15) is 0 Å². The Morgan fingerprint density at radius 3 is 2.18 bits per heavy atom. The smallest absolute Gasteiger partial charge is 0.0143 e.